The number of carbonyl (C=O) groups excluding carboxylic acids is 1. The van der Waals surface area contributed by atoms with Crippen LogP contribution in [0.15, 0.2) is 36.5 Å². The number of carboxylic acid groups (broad SMARTS) is 1. The number of carboxylic acids is 1. The number of fused-ring (bicyclic) bond motifs is 1. The van der Waals surface area contributed by atoms with Crippen LogP contribution < -0.4 is 14.7 Å². The zero-order valence-electron chi connectivity index (χ0n) is 15.8. The lowest BCUT2D eigenvalue weighted by Gasteiger charge is -2.48. The van der Waals surface area contributed by atoms with Crippen molar-refractivity contribution in [3.8, 4) is 5.75 Å². The summed E-state index contributed by atoms with van der Waals surface area (Å²) in [5.74, 6) is -0.391. The Kier molecular flexibility index (Phi) is 4.67. The summed E-state index contributed by atoms with van der Waals surface area (Å²) in [4.78, 5) is 17.4. The minimum absolute atomic E-state index is 0.0235. The Hall–Kier alpha value is -2.77. The zero-order chi connectivity index (χ0) is 20.8. The molecule has 2 atom stereocenters. The van der Waals surface area contributed by atoms with Crippen molar-refractivity contribution in [3.63, 3.8) is 0 Å². The van der Waals surface area contributed by atoms with Crippen LogP contribution in [0.3, 0.4) is 0 Å². The average molecular weight is 405 g/mol. The molecule has 2 unspecified atom stereocenters. The number of piperidine rings is 1. The second kappa shape index (κ2) is 6.93. The van der Waals surface area contributed by atoms with E-state index in [9.17, 15) is 23.1 Å². The normalized spacial score (nSPS) is 24.1. The van der Waals surface area contributed by atoms with Gasteiger partial charge in [0.25, 0.3) is 0 Å². The molecule has 1 saturated heterocycles. The van der Waals surface area contributed by atoms with Crippen LogP contribution in [0.4, 0.5) is 19.0 Å². The van der Waals surface area contributed by atoms with E-state index >= 15 is 0 Å². The highest BCUT2D eigenvalue weighted by Crippen LogP contribution is 2.43. The molecule has 2 aliphatic heterocycles. The maximum atomic E-state index is 12.8. The SMILES string of the molecule is CC1CC2(CCc3cccc(C(=O)[O-])c3O2)CCN1c1ccc(C(F)(F)F)cn1. The Morgan fingerprint density at radius 2 is 2.07 bits per heavy atom. The van der Waals surface area contributed by atoms with Gasteiger partial charge in [0.1, 0.15) is 17.2 Å². The van der Waals surface area contributed by atoms with Gasteiger partial charge in [-0.3, -0.25) is 0 Å². The summed E-state index contributed by atoms with van der Waals surface area (Å²) in [6, 6.07) is 7.44. The van der Waals surface area contributed by atoms with Crippen molar-refractivity contribution in [2.75, 3.05) is 11.4 Å². The topological polar surface area (TPSA) is 65.5 Å². The fourth-order valence-corrected chi connectivity index (χ4v) is 4.37. The molecule has 0 N–H and O–H groups in total. The molecule has 0 amide bonds. The van der Waals surface area contributed by atoms with Crippen molar-refractivity contribution in [3.05, 3.63) is 53.2 Å². The quantitative estimate of drug-likeness (QED) is 0.768. The van der Waals surface area contributed by atoms with Crippen LogP contribution in [-0.4, -0.2) is 29.1 Å². The van der Waals surface area contributed by atoms with Gasteiger partial charge >= 0.3 is 6.18 Å². The first kappa shape index (κ1) is 19.5. The van der Waals surface area contributed by atoms with E-state index in [-0.39, 0.29) is 11.6 Å². The van der Waals surface area contributed by atoms with E-state index in [1.807, 2.05) is 17.9 Å². The fraction of sp³-hybridized carbons (Fsp3) is 0.429. The lowest BCUT2D eigenvalue weighted by Crippen LogP contribution is -2.54. The molecular weight excluding hydrogens is 385 g/mol. The van der Waals surface area contributed by atoms with Gasteiger partial charge in [0.2, 0.25) is 0 Å². The third-order valence-electron chi connectivity index (χ3n) is 5.86. The van der Waals surface area contributed by atoms with Gasteiger partial charge in [0.05, 0.1) is 11.5 Å². The Morgan fingerprint density at radius 1 is 1.28 bits per heavy atom. The molecule has 1 aromatic heterocycles. The molecule has 2 aliphatic rings. The molecule has 5 nitrogen and oxygen atoms in total. The van der Waals surface area contributed by atoms with Gasteiger partial charge in [-0.15, -0.1) is 0 Å². The van der Waals surface area contributed by atoms with E-state index in [0.717, 1.165) is 24.2 Å². The standard InChI is InChI=1S/C21H21F3N2O3/c1-13-11-20(8-7-14-3-2-4-16(19(27)28)18(14)29-20)9-10-26(13)17-6-5-15(12-25-17)21(22,23)24/h2-6,12-13H,7-11H2,1H3,(H,27,28)/p-1. The van der Waals surface area contributed by atoms with Crippen molar-refractivity contribution in [2.45, 2.75) is 50.4 Å². The molecule has 1 spiro atoms. The summed E-state index contributed by atoms with van der Waals surface area (Å²) in [7, 11) is 0. The van der Waals surface area contributed by atoms with Gasteiger partial charge in [0.15, 0.2) is 0 Å². The largest absolute Gasteiger partial charge is 0.545 e. The van der Waals surface area contributed by atoms with Gasteiger partial charge in [-0.25, -0.2) is 4.98 Å². The number of carbonyl (C=O) groups is 1. The number of halogens is 3. The lowest BCUT2D eigenvalue weighted by molar-refractivity contribution is -0.255. The number of aryl methyl sites for hydroxylation is 1. The van der Waals surface area contributed by atoms with Gasteiger partial charge in [-0.2, -0.15) is 13.2 Å². The van der Waals surface area contributed by atoms with E-state index < -0.39 is 23.3 Å². The van der Waals surface area contributed by atoms with Gasteiger partial charge in [-0.1, -0.05) is 12.1 Å². The smallest absolute Gasteiger partial charge is 0.417 e. The molecular formula is C21H20F3N2O3-. The Morgan fingerprint density at radius 3 is 2.69 bits per heavy atom. The minimum atomic E-state index is -4.41. The Labute approximate surface area is 166 Å². The predicted octanol–water partition coefficient (Wildman–Crippen LogP) is 3.22. The van der Waals surface area contributed by atoms with Crippen molar-refractivity contribution >= 4 is 11.8 Å². The van der Waals surface area contributed by atoms with Crippen molar-refractivity contribution < 1.29 is 27.8 Å². The van der Waals surface area contributed by atoms with Crippen LogP contribution in [0.5, 0.6) is 5.75 Å². The van der Waals surface area contributed by atoms with Crippen LogP contribution in [0.25, 0.3) is 0 Å². The predicted molar refractivity (Wildman–Crippen MR) is 97.7 cm³/mol. The number of alkyl halides is 3. The van der Waals surface area contributed by atoms with E-state index in [1.165, 1.54) is 12.1 Å². The molecule has 1 aromatic carbocycles. The van der Waals surface area contributed by atoms with Gasteiger partial charge in [-0.05, 0) is 43.5 Å². The molecule has 2 aromatic rings. The molecule has 154 valence electrons. The second-order valence-corrected chi connectivity index (χ2v) is 7.77. The molecule has 1 fully saturated rings. The second-order valence-electron chi connectivity index (χ2n) is 7.77. The first-order chi connectivity index (χ1) is 13.7. The van der Waals surface area contributed by atoms with Crippen LogP contribution in [0.2, 0.25) is 0 Å². The fourth-order valence-electron chi connectivity index (χ4n) is 4.37. The highest BCUT2D eigenvalue weighted by molar-refractivity contribution is 5.90. The van der Waals surface area contributed by atoms with Crippen molar-refractivity contribution in [1.29, 1.82) is 0 Å². The van der Waals surface area contributed by atoms with Crippen LogP contribution in [0, 0.1) is 0 Å². The number of aromatic carboxylic acids is 1. The van der Waals surface area contributed by atoms with Crippen LogP contribution in [0.1, 0.15) is 47.7 Å². The molecule has 4 rings (SSSR count). The van der Waals surface area contributed by atoms with Crippen LogP contribution >= 0.6 is 0 Å². The molecule has 0 bridgehead atoms. The maximum absolute atomic E-state index is 12.8. The third kappa shape index (κ3) is 3.63. The van der Waals surface area contributed by atoms with E-state index in [0.29, 0.717) is 37.4 Å². The molecule has 0 saturated carbocycles. The monoisotopic (exact) mass is 405 g/mol. The van der Waals surface area contributed by atoms with E-state index in [2.05, 4.69) is 4.98 Å². The molecule has 3 heterocycles. The third-order valence-corrected chi connectivity index (χ3v) is 5.86. The average Bonchev–Trinajstić information content (AvgIpc) is 2.67. The number of ether oxygens (including phenoxy) is 1. The number of pyridine rings is 1. The molecule has 0 aliphatic carbocycles. The van der Waals surface area contributed by atoms with E-state index in [4.69, 9.17) is 4.74 Å². The number of benzene rings is 1. The zero-order valence-corrected chi connectivity index (χ0v) is 15.8. The lowest BCUT2D eigenvalue weighted by atomic mass is 9.80. The Bertz CT molecular complexity index is 930. The highest BCUT2D eigenvalue weighted by Gasteiger charge is 2.43. The summed E-state index contributed by atoms with van der Waals surface area (Å²) < 4.78 is 44.6. The number of aromatic nitrogens is 1. The number of hydrogen-bond acceptors (Lipinski definition) is 5. The first-order valence-electron chi connectivity index (χ1n) is 9.51. The first-order valence-corrected chi connectivity index (χ1v) is 9.51. The number of anilines is 1. The summed E-state index contributed by atoms with van der Waals surface area (Å²) in [5.41, 5.74) is -0.359. The van der Waals surface area contributed by atoms with E-state index in [1.54, 1.807) is 6.07 Å². The van der Waals surface area contributed by atoms with Crippen LogP contribution in [-0.2, 0) is 12.6 Å². The number of para-hydroxylation sites is 1. The Balaban J connectivity index is 1.53. The summed E-state index contributed by atoms with van der Waals surface area (Å²) in [6.45, 7) is 2.53. The summed E-state index contributed by atoms with van der Waals surface area (Å²) >= 11 is 0. The summed E-state index contributed by atoms with van der Waals surface area (Å²) in [6.07, 6.45) is -0.844. The number of rotatable bonds is 2. The van der Waals surface area contributed by atoms with Crippen molar-refractivity contribution in [2.24, 2.45) is 0 Å². The number of hydrogen-bond donors (Lipinski definition) is 0. The van der Waals surface area contributed by atoms with Gasteiger partial charge < -0.3 is 19.5 Å². The van der Waals surface area contributed by atoms with Crippen molar-refractivity contribution in [1.82, 2.24) is 4.98 Å². The molecule has 8 heteroatoms. The molecule has 0 radical (unpaired) electrons. The van der Waals surface area contributed by atoms with Gasteiger partial charge in [0, 0.05) is 37.2 Å². The highest BCUT2D eigenvalue weighted by atomic mass is 19.4. The maximum Gasteiger partial charge on any atom is 0.417 e. The minimum Gasteiger partial charge on any atom is -0.545 e. The number of nitrogens with zero attached hydrogens (tertiary/aromatic N) is 2. The summed E-state index contributed by atoms with van der Waals surface area (Å²) in [5, 5.41) is 11.5. The molecule has 29 heavy (non-hydrogen) atoms.